The Kier molecular flexibility index (Phi) is 22.8. The van der Waals surface area contributed by atoms with Gasteiger partial charge >= 0.3 is 23.9 Å². The van der Waals surface area contributed by atoms with E-state index in [4.69, 9.17) is 15.3 Å². The van der Waals surface area contributed by atoms with Gasteiger partial charge in [0.1, 0.15) is 6.29 Å². The number of aliphatic hydroxyl groups excluding tert-OH is 2. The number of aldehydes is 1. The lowest BCUT2D eigenvalue weighted by Gasteiger charge is -2.12. The Morgan fingerprint density at radius 2 is 0.697 bits per heavy atom. The molecular formula is C47H56N4O15. The Balaban J connectivity index is 0.000000440. The summed E-state index contributed by atoms with van der Waals surface area (Å²) in [7, 11) is 16.7. The van der Waals surface area contributed by atoms with E-state index in [2.05, 4.69) is 14.2 Å². The van der Waals surface area contributed by atoms with Gasteiger partial charge in [-0.1, -0.05) is 0 Å². The molecule has 0 aliphatic heterocycles. The normalized spacial score (nSPS) is 9.79. The van der Waals surface area contributed by atoms with E-state index in [0.29, 0.717) is 34.1 Å². The molecule has 66 heavy (non-hydrogen) atoms. The van der Waals surface area contributed by atoms with Crippen LogP contribution in [-0.4, -0.2) is 166 Å². The molecule has 4 rings (SSSR count). The fourth-order valence-electron chi connectivity index (χ4n) is 5.43. The Morgan fingerprint density at radius 1 is 0.439 bits per heavy atom. The smallest absolute Gasteiger partial charge is 0.337 e. The number of hydrogen-bond donors (Lipinski definition) is 3. The number of benzene rings is 4. The Bertz CT molecular complexity index is 2420. The SMILES string of the molecule is CN(C)C(=O)c1cc(CO)cc(C(=O)O)c1.COC(=O)c1cc(C)cc(C(=O)N(C)C)c1.COC(=O)c1cc(C=O)cc(C(=O)N(C)C)c1.COC(=O)c1cc(CO)cc(C(=O)N(C)C)c1. The van der Waals surface area contributed by atoms with Gasteiger partial charge in [-0.15, -0.1) is 0 Å². The summed E-state index contributed by atoms with van der Waals surface area (Å²) in [5.41, 5.74) is 4.23. The quantitative estimate of drug-likeness (QED) is 0.110. The van der Waals surface area contributed by atoms with Crippen LogP contribution >= 0.6 is 0 Å². The zero-order valence-corrected chi connectivity index (χ0v) is 38.9. The van der Waals surface area contributed by atoms with Crippen molar-refractivity contribution in [3.63, 3.8) is 0 Å². The van der Waals surface area contributed by atoms with Gasteiger partial charge in [-0.3, -0.25) is 24.0 Å². The van der Waals surface area contributed by atoms with E-state index in [1.54, 1.807) is 80.6 Å². The third-order valence-corrected chi connectivity index (χ3v) is 8.64. The van der Waals surface area contributed by atoms with E-state index < -0.39 is 23.9 Å². The van der Waals surface area contributed by atoms with Crippen molar-refractivity contribution in [3.05, 3.63) is 140 Å². The summed E-state index contributed by atoms with van der Waals surface area (Å²) in [4.78, 5) is 108. The molecule has 19 heteroatoms. The predicted molar refractivity (Wildman–Crippen MR) is 241 cm³/mol. The van der Waals surface area contributed by atoms with E-state index in [1.165, 1.54) is 89.5 Å². The van der Waals surface area contributed by atoms with Crippen LogP contribution in [0, 0.1) is 6.92 Å². The van der Waals surface area contributed by atoms with Gasteiger partial charge in [0, 0.05) is 84.2 Å². The predicted octanol–water partition coefficient (Wildman–Crippen LogP) is 3.72. The maximum absolute atomic E-state index is 11.8. The van der Waals surface area contributed by atoms with Crippen LogP contribution in [0.25, 0.3) is 0 Å². The summed E-state index contributed by atoms with van der Waals surface area (Å²) in [5.74, 6) is -3.61. The van der Waals surface area contributed by atoms with Gasteiger partial charge in [0.05, 0.1) is 56.8 Å². The van der Waals surface area contributed by atoms with Crippen LogP contribution in [0.2, 0.25) is 0 Å². The molecule has 0 fully saturated rings. The van der Waals surface area contributed by atoms with Crippen molar-refractivity contribution in [3.8, 4) is 0 Å². The van der Waals surface area contributed by atoms with Crippen LogP contribution in [0.1, 0.15) is 110 Å². The number of ether oxygens (including phenoxy) is 3. The fourth-order valence-corrected chi connectivity index (χ4v) is 5.43. The first-order valence-electron chi connectivity index (χ1n) is 19.5. The van der Waals surface area contributed by atoms with Crippen LogP contribution in [0.4, 0.5) is 0 Å². The van der Waals surface area contributed by atoms with Crippen LogP contribution in [0.3, 0.4) is 0 Å². The summed E-state index contributed by atoms with van der Waals surface area (Å²) in [6.45, 7) is 1.30. The molecule has 4 amide bonds. The first-order valence-corrected chi connectivity index (χ1v) is 19.5. The summed E-state index contributed by atoms with van der Waals surface area (Å²) < 4.78 is 13.8. The number of carboxylic acids is 1. The van der Waals surface area contributed by atoms with Gasteiger partial charge in [-0.05, 0) is 96.4 Å². The second-order valence-electron chi connectivity index (χ2n) is 14.8. The molecule has 0 aliphatic rings. The molecule has 354 valence electrons. The molecule has 4 aromatic carbocycles. The van der Waals surface area contributed by atoms with Crippen molar-refractivity contribution in [1.82, 2.24) is 19.6 Å². The average Bonchev–Trinajstić information content (AvgIpc) is 3.31. The largest absolute Gasteiger partial charge is 0.478 e. The summed E-state index contributed by atoms with van der Waals surface area (Å²) in [5, 5.41) is 26.9. The van der Waals surface area contributed by atoms with Crippen LogP contribution < -0.4 is 0 Å². The highest BCUT2D eigenvalue weighted by atomic mass is 16.5. The van der Waals surface area contributed by atoms with Crippen molar-refractivity contribution >= 4 is 53.8 Å². The van der Waals surface area contributed by atoms with E-state index in [0.717, 1.165) is 5.56 Å². The van der Waals surface area contributed by atoms with Gasteiger partial charge in [-0.25, -0.2) is 19.2 Å². The Morgan fingerprint density at radius 3 is 1.02 bits per heavy atom. The molecule has 0 saturated carbocycles. The van der Waals surface area contributed by atoms with E-state index >= 15 is 0 Å². The lowest BCUT2D eigenvalue weighted by molar-refractivity contribution is 0.0591. The van der Waals surface area contributed by atoms with E-state index in [1.807, 2.05) is 6.92 Å². The topological polar surface area (TPSA) is 255 Å². The number of carbonyl (C=O) groups excluding carboxylic acids is 8. The first-order chi connectivity index (χ1) is 30.9. The monoisotopic (exact) mass is 916 g/mol. The van der Waals surface area contributed by atoms with E-state index in [9.17, 15) is 43.2 Å². The highest BCUT2D eigenvalue weighted by molar-refractivity contribution is 6.01. The maximum atomic E-state index is 11.8. The van der Waals surface area contributed by atoms with E-state index in [-0.39, 0.29) is 70.2 Å². The third kappa shape index (κ3) is 17.1. The molecule has 19 nitrogen and oxygen atoms in total. The molecule has 0 heterocycles. The average molecular weight is 917 g/mol. The van der Waals surface area contributed by atoms with Gasteiger partial charge in [0.25, 0.3) is 23.6 Å². The van der Waals surface area contributed by atoms with Crippen LogP contribution in [-0.2, 0) is 27.4 Å². The molecule has 0 atom stereocenters. The zero-order chi connectivity index (χ0) is 50.6. The third-order valence-electron chi connectivity index (χ3n) is 8.64. The molecule has 0 radical (unpaired) electrons. The standard InChI is InChI=1S/C12H15NO4.C12H13NO4.C12H15NO3.C11H13NO4/c2*1-13(2)11(15)9-4-8(7-14)5-10(6-9)12(16)17-3;1-8-5-9(11(14)13(2)3)7-10(6-8)12(15)16-4;1-12(2)10(14)8-3-7(6-13)4-9(5-8)11(15)16/h4-6,14H,7H2,1-3H3;4-7H,1-3H3;5-7H,1-4H3;3-5,13H,6H2,1-2H3,(H,15,16). The van der Waals surface area contributed by atoms with Crippen LogP contribution in [0.5, 0.6) is 0 Å². The molecule has 0 spiro atoms. The molecular weight excluding hydrogens is 861 g/mol. The van der Waals surface area contributed by atoms with Crippen molar-refractivity contribution in [1.29, 1.82) is 0 Å². The number of amides is 4. The van der Waals surface area contributed by atoms with Crippen LogP contribution in [0.15, 0.2) is 72.8 Å². The summed E-state index contributed by atoms with van der Waals surface area (Å²) >= 11 is 0. The highest BCUT2D eigenvalue weighted by Crippen LogP contribution is 2.16. The summed E-state index contributed by atoms with van der Waals surface area (Å²) in [6, 6.07) is 17.8. The Hall–Kier alpha value is -7.77. The van der Waals surface area contributed by atoms with Gasteiger partial charge in [-0.2, -0.15) is 0 Å². The Labute approximate surface area is 382 Å². The second-order valence-corrected chi connectivity index (χ2v) is 14.8. The highest BCUT2D eigenvalue weighted by Gasteiger charge is 2.17. The van der Waals surface area contributed by atoms with Gasteiger partial charge in [0.2, 0.25) is 0 Å². The number of aliphatic hydroxyl groups is 2. The zero-order valence-electron chi connectivity index (χ0n) is 38.9. The van der Waals surface area contributed by atoms with Gasteiger partial charge in [0.15, 0.2) is 0 Å². The van der Waals surface area contributed by atoms with Crippen molar-refractivity contribution in [2.75, 3.05) is 77.7 Å². The van der Waals surface area contributed by atoms with Crippen molar-refractivity contribution in [2.24, 2.45) is 0 Å². The lowest BCUT2D eigenvalue weighted by Crippen LogP contribution is -2.22. The number of hydrogen-bond acceptors (Lipinski definition) is 14. The van der Waals surface area contributed by atoms with Crippen molar-refractivity contribution < 1.29 is 72.7 Å². The number of rotatable bonds is 11. The van der Waals surface area contributed by atoms with Crippen molar-refractivity contribution in [2.45, 2.75) is 20.1 Å². The molecule has 4 aromatic rings. The minimum Gasteiger partial charge on any atom is -0.478 e. The number of esters is 3. The van der Waals surface area contributed by atoms with Gasteiger partial charge < -0.3 is 49.1 Å². The number of carboxylic acid groups (broad SMARTS) is 1. The number of aromatic carboxylic acids is 1. The number of carbonyl (C=O) groups is 9. The molecule has 0 bridgehead atoms. The molecule has 3 N–H and O–H groups in total. The number of methoxy groups -OCH3 is 3. The molecule has 0 unspecified atom stereocenters. The second kappa shape index (κ2) is 26.8. The maximum Gasteiger partial charge on any atom is 0.337 e. The molecule has 0 saturated heterocycles. The minimum absolute atomic E-state index is 0.00301. The number of nitrogens with zero attached hydrogens (tertiary/aromatic N) is 4. The fraction of sp³-hybridized carbons (Fsp3) is 0.298. The first kappa shape index (κ1) is 56.2. The molecule has 0 aromatic heterocycles. The molecule has 0 aliphatic carbocycles. The minimum atomic E-state index is -1.12. The number of aryl methyl sites for hydroxylation is 1. The summed E-state index contributed by atoms with van der Waals surface area (Å²) in [6.07, 6.45) is 0.582. The lowest BCUT2D eigenvalue weighted by atomic mass is 10.1.